The van der Waals surface area contributed by atoms with E-state index in [0.29, 0.717) is 17.2 Å². The molecule has 2 amide bonds. The maximum absolute atomic E-state index is 11.0. The van der Waals surface area contributed by atoms with Crippen molar-refractivity contribution < 1.29 is 13.9 Å². The van der Waals surface area contributed by atoms with Gasteiger partial charge < -0.3 is 14.9 Å². The zero-order valence-electron chi connectivity index (χ0n) is 9.53. The number of oxazole rings is 1. The van der Waals surface area contributed by atoms with E-state index in [4.69, 9.17) is 14.9 Å². The first-order valence-electron chi connectivity index (χ1n) is 4.99. The molecule has 7 heteroatoms. The molecule has 2 aromatic rings. The highest BCUT2D eigenvalue weighted by Crippen LogP contribution is 2.33. The molecular formula is C11H11N3O3S. The predicted octanol–water partition coefficient (Wildman–Crippen LogP) is 2.08. The number of rotatable bonds is 3. The van der Waals surface area contributed by atoms with Crippen LogP contribution in [-0.4, -0.2) is 18.1 Å². The van der Waals surface area contributed by atoms with Gasteiger partial charge >= 0.3 is 6.03 Å². The average molecular weight is 265 g/mol. The van der Waals surface area contributed by atoms with Crippen molar-refractivity contribution in [2.75, 3.05) is 11.4 Å². The molecule has 0 spiro atoms. The van der Waals surface area contributed by atoms with Gasteiger partial charge in [-0.1, -0.05) is 12.8 Å². The summed E-state index contributed by atoms with van der Waals surface area (Å²) in [5.74, 6) is 1.10. The normalized spacial score (nSPS) is 10.1. The van der Waals surface area contributed by atoms with Crippen LogP contribution in [0.5, 0.6) is 5.75 Å². The number of primary amides is 1. The number of hydrogen-bond acceptors (Lipinski definition) is 5. The standard InChI is InChI=1S/C11H11N3O3S/c1-16-9-4-7(14(18)11(12)15)2-3-8(9)10-5-13-6-17-10/h2-6,18H,1H3,(H2,12,15). The van der Waals surface area contributed by atoms with E-state index in [0.717, 1.165) is 9.87 Å². The van der Waals surface area contributed by atoms with Crippen LogP contribution in [0.1, 0.15) is 0 Å². The average Bonchev–Trinajstić information content (AvgIpc) is 2.90. The fourth-order valence-electron chi connectivity index (χ4n) is 1.49. The van der Waals surface area contributed by atoms with Crippen molar-refractivity contribution in [3.8, 4) is 17.1 Å². The third-order valence-electron chi connectivity index (χ3n) is 2.34. The van der Waals surface area contributed by atoms with Gasteiger partial charge in [-0.15, -0.1) is 0 Å². The maximum Gasteiger partial charge on any atom is 0.329 e. The second-order valence-electron chi connectivity index (χ2n) is 3.40. The van der Waals surface area contributed by atoms with Gasteiger partial charge in [-0.05, 0) is 12.1 Å². The number of carbonyl (C=O) groups excluding carboxylic acids is 1. The third-order valence-corrected chi connectivity index (χ3v) is 2.76. The Balaban J connectivity index is 2.44. The van der Waals surface area contributed by atoms with Gasteiger partial charge in [0, 0.05) is 6.07 Å². The smallest absolute Gasteiger partial charge is 0.329 e. The van der Waals surface area contributed by atoms with E-state index in [9.17, 15) is 4.79 Å². The molecule has 0 saturated carbocycles. The van der Waals surface area contributed by atoms with Crippen LogP contribution in [0.25, 0.3) is 11.3 Å². The zero-order valence-corrected chi connectivity index (χ0v) is 10.4. The van der Waals surface area contributed by atoms with E-state index in [1.807, 2.05) is 0 Å². The highest BCUT2D eigenvalue weighted by molar-refractivity contribution is 7.82. The summed E-state index contributed by atoms with van der Waals surface area (Å²) in [6.45, 7) is 0. The number of methoxy groups -OCH3 is 1. The van der Waals surface area contributed by atoms with Crippen molar-refractivity contribution in [1.29, 1.82) is 0 Å². The SMILES string of the molecule is COc1cc(N(S)C(N)=O)ccc1-c1cnco1. The molecule has 6 nitrogen and oxygen atoms in total. The van der Waals surface area contributed by atoms with Gasteiger partial charge in [0.2, 0.25) is 0 Å². The summed E-state index contributed by atoms with van der Waals surface area (Å²) < 4.78 is 11.5. The van der Waals surface area contributed by atoms with Gasteiger partial charge in [0.15, 0.2) is 12.2 Å². The Morgan fingerprint density at radius 3 is 2.89 bits per heavy atom. The van der Waals surface area contributed by atoms with Gasteiger partial charge in [-0.25, -0.2) is 14.1 Å². The molecule has 2 rings (SSSR count). The molecule has 0 saturated heterocycles. The summed E-state index contributed by atoms with van der Waals surface area (Å²) in [6, 6.07) is 4.38. The van der Waals surface area contributed by atoms with E-state index in [-0.39, 0.29) is 0 Å². The summed E-state index contributed by atoms with van der Waals surface area (Å²) in [7, 11) is 1.52. The number of amides is 2. The van der Waals surface area contributed by atoms with Crippen molar-refractivity contribution in [3.05, 3.63) is 30.8 Å². The lowest BCUT2D eigenvalue weighted by Crippen LogP contribution is -2.27. The summed E-state index contributed by atoms with van der Waals surface area (Å²) >= 11 is 3.98. The van der Waals surface area contributed by atoms with Crippen LogP contribution in [-0.2, 0) is 0 Å². The molecule has 0 fully saturated rings. The van der Waals surface area contributed by atoms with Crippen LogP contribution in [0.4, 0.5) is 10.5 Å². The highest BCUT2D eigenvalue weighted by Gasteiger charge is 2.14. The van der Waals surface area contributed by atoms with Crippen molar-refractivity contribution in [2.24, 2.45) is 5.73 Å². The summed E-state index contributed by atoms with van der Waals surface area (Å²) in [6.07, 6.45) is 2.90. The molecule has 18 heavy (non-hydrogen) atoms. The molecule has 0 aliphatic rings. The quantitative estimate of drug-likeness (QED) is 0.832. The Kier molecular flexibility index (Phi) is 3.42. The minimum Gasteiger partial charge on any atom is -0.496 e. The van der Waals surface area contributed by atoms with Crippen LogP contribution in [0, 0.1) is 0 Å². The third kappa shape index (κ3) is 2.25. The number of urea groups is 1. The molecular weight excluding hydrogens is 254 g/mol. The number of anilines is 1. The Bertz CT molecular complexity index is 557. The number of thiol groups is 1. The lowest BCUT2D eigenvalue weighted by Gasteiger charge is -2.15. The van der Waals surface area contributed by atoms with E-state index < -0.39 is 6.03 Å². The Morgan fingerprint density at radius 2 is 2.33 bits per heavy atom. The van der Waals surface area contributed by atoms with E-state index in [1.165, 1.54) is 13.5 Å². The number of nitrogens with two attached hydrogens (primary N) is 1. The van der Waals surface area contributed by atoms with Crippen molar-refractivity contribution in [3.63, 3.8) is 0 Å². The van der Waals surface area contributed by atoms with E-state index in [2.05, 4.69) is 17.8 Å². The van der Waals surface area contributed by atoms with Gasteiger partial charge in [0.05, 0.1) is 24.6 Å². The number of hydrogen-bond donors (Lipinski definition) is 2. The fraction of sp³-hybridized carbons (Fsp3) is 0.0909. The lowest BCUT2D eigenvalue weighted by atomic mass is 10.1. The van der Waals surface area contributed by atoms with Crippen LogP contribution in [0.2, 0.25) is 0 Å². The molecule has 0 aliphatic carbocycles. The van der Waals surface area contributed by atoms with Crippen molar-refractivity contribution in [1.82, 2.24) is 4.98 Å². The zero-order chi connectivity index (χ0) is 13.1. The number of aromatic nitrogens is 1. The molecule has 0 bridgehead atoms. The molecule has 2 N–H and O–H groups in total. The molecule has 0 aliphatic heterocycles. The summed E-state index contributed by atoms with van der Waals surface area (Å²) in [5, 5.41) is 0. The topological polar surface area (TPSA) is 81.6 Å². The molecule has 0 unspecified atom stereocenters. The number of ether oxygens (including phenoxy) is 1. The molecule has 94 valence electrons. The summed E-state index contributed by atoms with van der Waals surface area (Å²) in [5.41, 5.74) is 6.37. The van der Waals surface area contributed by atoms with Gasteiger partial charge in [-0.2, -0.15) is 0 Å². The van der Waals surface area contributed by atoms with Crippen molar-refractivity contribution in [2.45, 2.75) is 0 Å². The second kappa shape index (κ2) is 5.01. The first-order valence-corrected chi connectivity index (χ1v) is 5.39. The monoisotopic (exact) mass is 265 g/mol. The maximum atomic E-state index is 11.0. The Labute approximate surface area is 109 Å². The lowest BCUT2D eigenvalue weighted by molar-refractivity contribution is 0.257. The first kappa shape index (κ1) is 12.3. The van der Waals surface area contributed by atoms with Gasteiger partial charge in [-0.3, -0.25) is 0 Å². The van der Waals surface area contributed by atoms with Gasteiger partial charge in [0.1, 0.15) is 5.75 Å². The molecule has 1 heterocycles. The first-order chi connectivity index (χ1) is 8.63. The highest BCUT2D eigenvalue weighted by atomic mass is 32.1. The second-order valence-corrected chi connectivity index (χ2v) is 3.80. The number of carbonyl (C=O) groups is 1. The van der Waals surface area contributed by atoms with Crippen molar-refractivity contribution >= 4 is 24.5 Å². The molecule has 1 aromatic carbocycles. The van der Waals surface area contributed by atoms with Crippen LogP contribution < -0.4 is 14.8 Å². The Hall–Kier alpha value is -2.15. The molecule has 0 radical (unpaired) electrons. The summed E-state index contributed by atoms with van der Waals surface area (Å²) in [4.78, 5) is 14.9. The van der Waals surface area contributed by atoms with E-state index in [1.54, 1.807) is 24.4 Å². The van der Waals surface area contributed by atoms with Crippen LogP contribution >= 0.6 is 12.8 Å². The number of benzene rings is 1. The minimum atomic E-state index is -0.673. The molecule has 0 atom stereocenters. The number of nitrogens with zero attached hydrogens (tertiary/aromatic N) is 2. The van der Waals surface area contributed by atoms with Crippen LogP contribution in [0.3, 0.4) is 0 Å². The minimum absolute atomic E-state index is 0.506. The Morgan fingerprint density at radius 1 is 1.56 bits per heavy atom. The van der Waals surface area contributed by atoms with Crippen LogP contribution in [0.15, 0.2) is 35.2 Å². The molecule has 1 aromatic heterocycles. The van der Waals surface area contributed by atoms with Gasteiger partial charge in [0.25, 0.3) is 0 Å². The fourth-order valence-corrected chi connectivity index (χ4v) is 1.62. The largest absolute Gasteiger partial charge is 0.496 e. The predicted molar refractivity (Wildman–Crippen MR) is 69.5 cm³/mol. The van der Waals surface area contributed by atoms with E-state index >= 15 is 0 Å².